The van der Waals surface area contributed by atoms with Crippen LogP contribution in [-0.2, 0) is 10.8 Å². The molecular formula is C40H48N2O2. The Labute approximate surface area is 262 Å². The van der Waals surface area contributed by atoms with Crippen LogP contribution in [-0.4, -0.2) is 0 Å². The van der Waals surface area contributed by atoms with Crippen molar-refractivity contribution in [2.45, 2.75) is 102 Å². The lowest BCUT2D eigenvalue weighted by atomic mass is 9.46. The van der Waals surface area contributed by atoms with E-state index in [0.717, 1.165) is 81.0 Å². The van der Waals surface area contributed by atoms with Crippen LogP contribution in [0.4, 0.5) is 11.4 Å². The summed E-state index contributed by atoms with van der Waals surface area (Å²) < 4.78 is 14.1. The molecule has 0 saturated heterocycles. The molecule has 8 aliphatic carbocycles. The van der Waals surface area contributed by atoms with E-state index in [1.165, 1.54) is 88.2 Å². The average molecular weight is 589 g/mol. The Morgan fingerprint density at radius 2 is 0.818 bits per heavy atom. The number of nitrogen functional groups attached to an aromatic ring is 2. The molecule has 8 fully saturated rings. The summed E-state index contributed by atoms with van der Waals surface area (Å²) in [6, 6.07) is 17.0. The van der Waals surface area contributed by atoms with Crippen LogP contribution >= 0.6 is 0 Å². The Bertz CT molecular complexity index is 1450. The number of rotatable bonds is 6. The van der Waals surface area contributed by atoms with Gasteiger partial charge in [-0.3, -0.25) is 0 Å². The number of anilines is 2. The highest BCUT2D eigenvalue weighted by Crippen LogP contribution is 2.66. The Kier molecular flexibility index (Phi) is 5.98. The summed E-state index contributed by atoms with van der Waals surface area (Å²) in [6.45, 7) is 4.24. The molecule has 4 N–H and O–H groups in total. The summed E-state index contributed by atoms with van der Waals surface area (Å²) in [7, 11) is 0. The van der Waals surface area contributed by atoms with Gasteiger partial charge in [0.1, 0.15) is 23.0 Å². The molecule has 8 aliphatic rings. The highest BCUT2D eigenvalue weighted by molar-refractivity contribution is 5.59. The van der Waals surface area contributed by atoms with E-state index in [2.05, 4.69) is 38.1 Å². The quantitative estimate of drug-likeness (QED) is 0.281. The van der Waals surface area contributed by atoms with Gasteiger partial charge in [-0.15, -0.1) is 0 Å². The van der Waals surface area contributed by atoms with Crippen molar-refractivity contribution in [1.82, 2.24) is 0 Å². The molecule has 0 amide bonds. The molecule has 44 heavy (non-hydrogen) atoms. The molecule has 0 aromatic heterocycles. The van der Waals surface area contributed by atoms with Gasteiger partial charge >= 0.3 is 0 Å². The average Bonchev–Trinajstić information content (AvgIpc) is 2.95. The minimum atomic E-state index is 0.195. The van der Waals surface area contributed by atoms with Crippen molar-refractivity contribution in [3.63, 3.8) is 0 Å². The molecule has 11 rings (SSSR count). The van der Waals surface area contributed by atoms with Gasteiger partial charge < -0.3 is 20.9 Å². The van der Waals surface area contributed by atoms with Crippen LogP contribution < -0.4 is 20.9 Å². The Balaban J connectivity index is 1.25. The van der Waals surface area contributed by atoms with Crippen molar-refractivity contribution < 1.29 is 9.47 Å². The predicted octanol–water partition coefficient (Wildman–Crippen LogP) is 9.99. The van der Waals surface area contributed by atoms with E-state index < -0.39 is 0 Å². The van der Waals surface area contributed by atoms with Crippen molar-refractivity contribution in [3.05, 3.63) is 70.8 Å². The molecule has 0 aliphatic heterocycles. The lowest BCUT2D eigenvalue weighted by Crippen LogP contribution is -2.50. The van der Waals surface area contributed by atoms with Gasteiger partial charge in [0.2, 0.25) is 0 Å². The molecule has 3 aromatic rings. The van der Waals surface area contributed by atoms with E-state index in [1.807, 2.05) is 24.3 Å². The number of hydrogen-bond donors (Lipinski definition) is 2. The van der Waals surface area contributed by atoms with E-state index in [1.54, 1.807) is 0 Å². The van der Waals surface area contributed by atoms with E-state index in [0.29, 0.717) is 0 Å². The molecule has 0 atom stereocenters. The molecule has 0 heterocycles. The molecule has 230 valence electrons. The second-order valence-electron chi connectivity index (χ2n) is 16.5. The summed E-state index contributed by atoms with van der Waals surface area (Å²) >= 11 is 0. The lowest BCUT2D eigenvalue weighted by molar-refractivity contribution is -0.00938. The van der Waals surface area contributed by atoms with Crippen LogP contribution in [0.2, 0.25) is 0 Å². The van der Waals surface area contributed by atoms with Crippen LogP contribution in [0.1, 0.15) is 99.3 Å². The lowest BCUT2D eigenvalue weighted by Gasteiger charge is -2.58. The van der Waals surface area contributed by atoms with Crippen LogP contribution in [0.15, 0.2) is 48.5 Å². The molecule has 3 aromatic carbocycles. The predicted molar refractivity (Wildman–Crippen MR) is 177 cm³/mol. The van der Waals surface area contributed by atoms with Crippen molar-refractivity contribution in [3.8, 4) is 23.0 Å². The Morgan fingerprint density at radius 3 is 1.16 bits per heavy atom. The minimum Gasteiger partial charge on any atom is -0.457 e. The summed E-state index contributed by atoms with van der Waals surface area (Å²) in [5, 5.41) is 0. The molecule has 4 heteroatoms. The summed E-state index contributed by atoms with van der Waals surface area (Å²) in [5.74, 6) is 8.81. The standard InChI is InChI=1S/C40H48N2O2/c1-23-3-5-31(41)13-35(23)43-37-16-38(44-36-14-32(42)6-4-24(36)2)34(40-20-28-10-29(21-40)12-30(11-28)22-40)15-33(37)39-17-25-7-26(18-39)9-27(8-25)19-39/h3-6,13-16,25-30H,7-12,17-22,41-42H2,1-2H3. The van der Waals surface area contributed by atoms with Gasteiger partial charge in [-0.25, -0.2) is 0 Å². The molecule has 0 radical (unpaired) electrons. The zero-order chi connectivity index (χ0) is 29.8. The third kappa shape index (κ3) is 4.37. The molecule has 0 unspecified atom stereocenters. The minimum absolute atomic E-state index is 0.195. The summed E-state index contributed by atoms with van der Waals surface area (Å²) in [4.78, 5) is 0. The van der Waals surface area contributed by atoms with E-state index in [9.17, 15) is 0 Å². The third-order valence-electron chi connectivity index (χ3n) is 13.2. The zero-order valence-electron chi connectivity index (χ0n) is 26.5. The van der Waals surface area contributed by atoms with Gasteiger partial charge in [-0.1, -0.05) is 12.1 Å². The number of benzene rings is 3. The number of nitrogens with two attached hydrogens (primary N) is 2. The van der Waals surface area contributed by atoms with Crippen molar-refractivity contribution in [1.29, 1.82) is 0 Å². The maximum Gasteiger partial charge on any atom is 0.134 e. The summed E-state index contributed by atoms with van der Waals surface area (Å²) in [5.41, 5.74) is 19.6. The van der Waals surface area contributed by atoms with Crippen molar-refractivity contribution in [2.75, 3.05) is 11.5 Å². The van der Waals surface area contributed by atoms with Gasteiger partial charge in [0.25, 0.3) is 0 Å². The van der Waals surface area contributed by atoms with E-state index in [-0.39, 0.29) is 10.8 Å². The maximum atomic E-state index is 7.03. The van der Waals surface area contributed by atoms with E-state index in [4.69, 9.17) is 20.9 Å². The van der Waals surface area contributed by atoms with E-state index >= 15 is 0 Å². The van der Waals surface area contributed by atoms with Crippen LogP contribution in [0, 0.1) is 49.4 Å². The largest absolute Gasteiger partial charge is 0.457 e. The van der Waals surface area contributed by atoms with Crippen molar-refractivity contribution >= 4 is 11.4 Å². The number of ether oxygens (including phenoxy) is 2. The fourth-order valence-electron chi connectivity index (χ4n) is 12.1. The van der Waals surface area contributed by atoms with Gasteiger partial charge in [0.05, 0.1) is 0 Å². The van der Waals surface area contributed by atoms with Crippen LogP contribution in [0.3, 0.4) is 0 Å². The van der Waals surface area contributed by atoms with Gasteiger partial charge in [-0.05, 0) is 167 Å². The van der Waals surface area contributed by atoms with Crippen molar-refractivity contribution in [2.24, 2.45) is 35.5 Å². The molecule has 4 nitrogen and oxygen atoms in total. The first-order chi connectivity index (χ1) is 21.2. The zero-order valence-corrected chi connectivity index (χ0v) is 26.5. The molecule has 8 saturated carbocycles. The fourth-order valence-corrected chi connectivity index (χ4v) is 12.1. The first-order valence-corrected chi connectivity index (χ1v) is 17.5. The van der Waals surface area contributed by atoms with Gasteiger partial charge in [-0.2, -0.15) is 0 Å². The fraction of sp³-hybridized carbons (Fsp3) is 0.550. The highest BCUT2D eigenvalue weighted by atomic mass is 16.5. The molecular weight excluding hydrogens is 540 g/mol. The SMILES string of the molecule is Cc1ccc(N)cc1Oc1cc(Oc2cc(N)ccc2C)c(C23CC4CC(CC(C4)C2)C3)cc1C12CC3CC(CC(C3)C1)C2. The smallest absolute Gasteiger partial charge is 0.134 e. The summed E-state index contributed by atoms with van der Waals surface area (Å²) in [6.07, 6.45) is 16.4. The second kappa shape index (κ2) is 9.68. The van der Waals surface area contributed by atoms with Crippen LogP contribution in [0.5, 0.6) is 23.0 Å². The maximum absolute atomic E-state index is 7.03. The topological polar surface area (TPSA) is 70.5 Å². The Hall–Kier alpha value is -3.14. The van der Waals surface area contributed by atoms with Crippen LogP contribution in [0.25, 0.3) is 0 Å². The molecule has 0 spiro atoms. The third-order valence-corrected chi connectivity index (χ3v) is 13.2. The highest BCUT2D eigenvalue weighted by Gasteiger charge is 2.55. The monoisotopic (exact) mass is 588 g/mol. The first kappa shape index (κ1) is 27.2. The van der Waals surface area contributed by atoms with Gasteiger partial charge in [0, 0.05) is 40.7 Å². The number of aryl methyl sites for hydroxylation is 2. The normalized spacial score (nSPS) is 36.1. The second-order valence-corrected chi connectivity index (χ2v) is 16.5. The molecule has 8 bridgehead atoms. The Morgan fingerprint density at radius 1 is 0.477 bits per heavy atom. The first-order valence-electron chi connectivity index (χ1n) is 17.5. The number of hydrogen-bond acceptors (Lipinski definition) is 4. The van der Waals surface area contributed by atoms with Gasteiger partial charge in [0.15, 0.2) is 0 Å².